The Labute approximate surface area is 157 Å². The minimum atomic E-state index is -0.226. The smallest absolute Gasteiger partial charge is 0.250 e. The first-order valence-electron chi connectivity index (χ1n) is 8.56. The number of carbonyl (C=O) groups is 2. The molecule has 0 saturated carbocycles. The van der Waals surface area contributed by atoms with Crippen molar-refractivity contribution in [3.8, 4) is 0 Å². The highest BCUT2D eigenvalue weighted by Crippen LogP contribution is 2.29. The molecule has 136 valence electrons. The topological polar surface area (TPSA) is 58.6 Å². The lowest BCUT2D eigenvalue weighted by Crippen LogP contribution is -2.33. The Hall–Kier alpha value is -2.37. The van der Waals surface area contributed by atoms with Crippen molar-refractivity contribution in [1.82, 2.24) is 0 Å². The molecule has 0 unspecified atom stereocenters. The second-order valence-electron chi connectivity index (χ2n) is 6.25. The number of nitrogens with one attached hydrogen (secondary N) is 1. The van der Waals surface area contributed by atoms with E-state index < -0.39 is 0 Å². The first-order valence-corrected chi connectivity index (χ1v) is 8.94. The van der Waals surface area contributed by atoms with E-state index in [2.05, 4.69) is 5.32 Å². The molecule has 1 heterocycles. The van der Waals surface area contributed by atoms with Crippen LogP contribution in [0.3, 0.4) is 0 Å². The van der Waals surface area contributed by atoms with Crippen molar-refractivity contribution >= 4 is 34.8 Å². The quantitative estimate of drug-likeness (QED) is 0.868. The highest BCUT2D eigenvalue weighted by molar-refractivity contribution is 6.31. The van der Waals surface area contributed by atoms with Gasteiger partial charge in [0.15, 0.2) is 0 Å². The van der Waals surface area contributed by atoms with E-state index in [1.165, 1.54) is 0 Å². The average Bonchev–Trinajstić information content (AvgIpc) is 2.62. The van der Waals surface area contributed by atoms with Crippen LogP contribution in [-0.2, 0) is 27.4 Å². The number of rotatable bonds is 5. The van der Waals surface area contributed by atoms with E-state index in [0.717, 1.165) is 36.2 Å². The highest BCUT2D eigenvalue weighted by Gasteiger charge is 2.20. The molecular formula is C20H21ClN2O3. The monoisotopic (exact) mass is 372 g/mol. The molecule has 1 N–H and O–H groups in total. The minimum Gasteiger partial charge on any atom is -0.367 e. The number of hydrogen-bond acceptors (Lipinski definition) is 3. The van der Waals surface area contributed by atoms with Gasteiger partial charge in [-0.15, -0.1) is 0 Å². The molecule has 6 heteroatoms. The van der Waals surface area contributed by atoms with E-state index in [0.29, 0.717) is 10.7 Å². The molecule has 0 bridgehead atoms. The summed E-state index contributed by atoms with van der Waals surface area (Å²) in [6.45, 7) is 2.54. The Kier molecular flexibility index (Phi) is 5.91. The van der Waals surface area contributed by atoms with Crippen LogP contribution in [0.25, 0.3) is 0 Å². The number of ether oxygens (including phenoxy) is 1. The van der Waals surface area contributed by atoms with Crippen molar-refractivity contribution in [2.75, 3.05) is 23.4 Å². The van der Waals surface area contributed by atoms with Crippen LogP contribution >= 0.6 is 11.6 Å². The van der Waals surface area contributed by atoms with Gasteiger partial charge in [-0.2, -0.15) is 0 Å². The molecule has 0 radical (unpaired) electrons. The second kappa shape index (κ2) is 8.34. The molecule has 26 heavy (non-hydrogen) atoms. The maximum absolute atomic E-state index is 12.1. The Bertz CT molecular complexity index is 822. The summed E-state index contributed by atoms with van der Waals surface area (Å²) in [5, 5.41) is 3.46. The van der Waals surface area contributed by atoms with Crippen LogP contribution in [0.15, 0.2) is 42.5 Å². The normalized spacial score (nSPS) is 13.2. The number of nitrogens with zero attached hydrogens (tertiary/aromatic N) is 1. The summed E-state index contributed by atoms with van der Waals surface area (Å²) < 4.78 is 5.45. The highest BCUT2D eigenvalue weighted by atomic mass is 35.5. The summed E-state index contributed by atoms with van der Waals surface area (Å²) in [6, 6.07) is 13.0. The van der Waals surface area contributed by atoms with Crippen LogP contribution in [0.5, 0.6) is 0 Å². The van der Waals surface area contributed by atoms with Crippen LogP contribution in [0.4, 0.5) is 11.4 Å². The van der Waals surface area contributed by atoms with E-state index in [4.69, 9.17) is 16.3 Å². The Morgan fingerprint density at radius 3 is 2.81 bits per heavy atom. The van der Waals surface area contributed by atoms with Gasteiger partial charge in [0.2, 0.25) is 11.8 Å². The van der Waals surface area contributed by atoms with Gasteiger partial charge >= 0.3 is 0 Å². The molecule has 3 rings (SSSR count). The fourth-order valence-electron chi connectivity index (χ4n) is 3.07. The lowest BCUT2D eigenvalue weighted by Gasteiger charge is -2.29. The van der Waals surface area contributed by atoms with Crippen LogP contribution in [0.1, 0.15) is 24.5 Å². The van der Waals surface area contributed by atoms with Gasteiger partial charge in [-0.3, -0.25) is 9.59 Å². The third kappa shape index (κ3) is 4.42. The first kappa shape index (κ1) is 18.4. The molecule has 2 aromatic carbocycles. The average molecular weight is 373 g/mol. The third-order valence-electron chi connectivity index (χ3n) is 4.31. The lowest BCUT2D eigenvalue weighted by molar-refractivity contribution is -0.121. The van der Waals surface area contributed by atoms with Gasteiger partial charge in [0.05, 0.1) is 6.61 Å². The van der Waals surface area contributed by atoms with Crippen molar-refractivity contribution < 1.29 is 14.3 Å². The zero-order valence-electron chi connectivity index (χ0n) is 14.6. The van der Waals surface area contributed by atoms with Crippen molar-refractivity contribution in [3.63, 3.8) is 0 Å². The van der Waals surface area contributed by atoms with Crippen molar-refractivity contribution in [2.24, 2.45) is 0 Å². The molecule has 0 aliphatic carbocycles. The summed E-state index contributed by atoms with van der Waals surface area (Å²) in [4.78, 5) is 25.6. The van der Waals surface area contributed by atoms with Crippen molar-refractivity contribution in [2.45, 2.75) is 26.4 Å². The number of amides is 2. The maximum atomic E-state index is 12.1. The molecule has 0 atom stereocenters. The van der Waals surface area contributed by atoms with E-state index in [1.807, 2.05) is 36.4 Å². The molecule has 2 aromatic rings. The number of hydrogen-bond donors (Lipinski definition) is 1. The molecular weight excluding hydrogens is 352 g/mol. The fraction of sp³-hybridized carbons (Fsp3) is 0.300. The minimum absolute atomic E-state index is 0.0377. The van der Waals surface area contributed by atoms with Gasteiger partial charge in [0.1, 0.15) is 6.61 Å². The molecule has 0 saturated heterocycles. The summed E-state index contributed by atoms with van der Waals surface area (Å²) in [5.41, 5.74) is 3.55. The summed E-state index contributed by atoms with van der Waals surface area (Å²) in [5.74, 6) is -0.188. The van der Waals surface area contributed by atoms with Gasteiger partial charge in [0, 0.05) is 29.9 Å². The van der Waals surface area contributed by atoms with Gasteiger partial charge < -0.3 is 15.0 Å². The Morgan fingerprint density at radius 1 is 1.23 bits per heavy atom. The van der Waals surface area contributed by atoms with Gasteiger partial charge in [-0.25, -0.2) is 0 Å². The second-order valence-corrected chi connectivity index (χ2v) is 6.66. The molecule has 0 spiro atoms. The summed E-state index contributed by atoms with van der Waals surface area (Å²) >= 11 is 6.06. The summed E-state index contributed by atoms with van der Waals surface area (Å²) in [7, 11) is 0. The first-order chi connectivity index (χ1) is 12.5. The van der Waals surface area contributed by atoms with Crippen LogP contribution in [0.2, 0.25) is 5.02 Å². The molecule has 1 aliphatic rings. The number of benzene rings is 2. The Morgan fingerprint density at radius 2 is 2.04 bits per heavy atom. The molecule has 1 aliphatic heterocycles. The summed E-state index contributed by atoms with van der Waals surface area (Å²) in [6.07, 6.45) is 1.82. The predicted octanol–water partition coefficient (Wildman–Crippen LogP) is 3.79. The number of aryl methyl sites for hydroxylation is 1. The van der Waals surface area contributed by atoms with Crippen LogP contribution in [0, 0.1) is 0 Å². The lowest BCUT2D eigenvalue weighted by atomic mass is 10.0. The fourth-order valence-corrected chi connectivity index (χ4v) is 3.26. The van der Waals surface area contributed by atoms with Gasteiger partial charge in [0.25, 0.3) is 0 Å². The van der Waals surface area contributed by atoms with E-state index in [-0.39, 0.29) is 25.0 Å². The van der Waals surface area contributed by atoms with Crippen molar-refractivity contribution in [1.29, 1.82) is 0 Å². The number of anilines is 2. The number of fused-ring (bicyclic) bond motifs is 1. The molecule has 0 fully saturated rings. The van der Waals surface area contributed by atoms with Crippen LogP contribution < -0.4 is 10.2 Å². The SMILES string of the molecule is CC(=O)N1CCCc2cc(NC(=O)COCc3ccccc3Cl)ccc21. The Balaban J connectivity index is 1.56. The van der Waals surface area contributed by atoms with E-state index in [9.17, 15) is 9.59 Å². The zero-order valence-corrected chi connectivity index (χ0v) is 15.4. The maximum Gasteiger partial charge on any atom is 0.250 e. The van der Waals surface area contributed by atoms with Crippen LogP contribution in [-0.4, -0.2) is 25.0 Å². The van der Waals surface area contributed by atoms with E-state index >= 15 is 0 Å². The van der Waals surface area contributed by atoms with Gasteiger partial charge in [-0.05, 0) is 48.2 Å². The number of halogens is 1. The van der Waals surface area contributed by atoms with Crippen molar-refractivity contribution in [3.05, 3.63) is 58.6 Å². The predicted molar refractivity (Wildman–Crippen MR) is 103 cm³/mol. The standard InChI is InChI=1S/C20H21ClN2O3/c1-14(24)23-10-4-6-15-11-17(8-9-19(15)23)22-20(25)13-26-12-16-5-2-3-7-18(16)21/h2-3,5,7-9,11H,4,6,10,12-13H2,1H3,(H,22,25). The molecule has 5 nitrogen and oxygen atoms in total. The number of carbonyl (C=O) groups excluding carboxylic acids is 2. The largest absolute Gasteiger partial charge is 0.367 e. The van der Waals surface area contributed by atoms with E-state index in [1.54, 1.807) is 17.9 Å². The zero-order chi connectivity index (χ0) is 18.5. The van der Waals surface area contributed by atoms with Gasteiger partial charge in [-0.1, -0.05) is 29.8 Å². The molecule has 0 aromatic heterocycles. The third-order valence-corrected chi connectivity index (χ3v) is 4.68. The molecule has 2 amide bonds.